The van der Waals surface area contributed by atoms with Gasteiger partial charge in [-0.15, -0.1) is 0 Å². The molecule has 1 atom stereocenters. The molecule has 1 aromatic rings. The highest BCUT2D eigenvalue weighted by Crippen LogP contribution is 2.14. The maximum atomic E-state index is 12.9. The first-order valence-electron chi connectivity index (χ1n) is 5.38. The Morgan fingerprint density at radius 2 is 2.33 bits per heavy atom. The summed E-state index contributed by atoms with van der Waals surface area (Å²) in [5.41, 5.74) is 0.857. The smallest absolute Gasteiger partial charge is 0.326 e. The lowest BCUT2D eigenvalue weighted by Gasteiger charge is -2.10. The third-order valence-electron chi connectivity index (χ3n) is 2.28. The average Bonchev–Trinajstić information content (AvgIpc) is 2.33. The number of carboxylic acids is 1. The summed E-state index contributed by atoms with van der Waals surface area (Å²) in [5, 5.41) is 11.0. The Morgan fingerprint density at radius 1 is 1.56 bits per heavy atom. The van der Waals surface area contributed by atoms with Crippen LogP contribution in [0, 0.1) is 5.82 Å². The zero-order valence-electron chi connectivity index (χ0n) is 9.64. The summed E-state index contributed by atoms with van der Waals surface area (Å²) in [6, 6.07) is 5.42. The third kappa shape index (κ3) is 5.18. The molecule has 0 fully saturated rings. The van der Waals surface area contributed by atoms with Crippen molar-refractivity contribution in [2.45, 2.75) is 18.2 Å². The van der Waals surface area contributed by atoms with E-state index in [2.05, 4.69) is 5.32 Å². The van der Waals surface area contributed by atoms with E-state index in [0.29, 0.717) is 24.3 Å². The lowest BCUT2D eigenvalue weighted by atomic mass is 10.2. The second-order valence-electron chi connectivity index (χ2n) is 3.65. The van der Waals surface area contributed by atoms with Crippen LogP contribution < -0.4 is 5.32 Å². The summed E-state index contributed by atoms with van der Waals surface area (Å²) in [7, 11) is 0. The normalized spacial score (nSPS) is 11.8. The molecular weight excluding hydrogens is 257 g/mol. The lowest BCUT2D eigenvalue weighted by molar-refractivity contribution is -0.140. The molecule has 6 heteroatoms. The lowest BCUT2D eigenvalue weighted by Crippen LogP contribution is -2.36. The van der Waals surface area contributed by atoms with Gasteiger partial charge in [-0.05, 0) is 29.9 Å². The topological polar surface area (TPSA) is 66.4 Å². The number of nitrogens with one attached hydrogen (secondary N) is 1. The van der Waals surface area contributed by atoms with Gasteiger partial charge < -0.3 is 10.4 Å². The zero-order valence-corrected chi connectivity index (χ0v) is 10.5. The predicted octanol–water partition coefficient (Wildman–Crippen LogP) is 1.65. The molecule has 1 rings (SSSR count). The van der Waals surface area contributed by atoms with E-state index in [1.165, 1.54) is 23.9 Å². The fourth-order valence-electron chi connectivity index (χ4n) is 1.38. The molecule has 0 bridgehead atoms. The van der Waals surface area contributed by atoms with Crippen LogP contribution in [0.3, 0.4) is 0 Å². The van der Waals surface area contributed by atoms with Gasteiger partial charge in [-0.3, -0.25) is 4.79 Å². The van der Waals surface area contributed by atoms with Crippen molar-refractivity contribution in [1.82, 2.24) is 5.32 Å². The Hall–Kier alpha value is -1.56. The first kappa shape index (κ1) is 14.5. The van der Waals surface area contributed by atoms with Gasteiger partial charge in [0.15, 0.2) is 0 Å². The number of halogens is 1. The van der Waals surface area contributed by atoms with E-state index in [0.717, 1.165) is 5.56 Å². The van der Waals surface area contributed by atoms with Crippen molar-refractivity contribution < 1.29 is 19.1 Å². The van der Waals surface area contributed by atoms with Crippen LogP contribution in [0.5, 0.6) is 0 Å². The van der Waals surface area contributed by atoms with Gasteiger partial charge >= 0.3 is 5.97 Å². The Morgan fingerprint density at radius 3 is 2.94 bits per heavy atom. The quantitative estimate of drug-likeness (QED) is 0.557. The summed E-state index contributed by atoms with van der Waals surface area (Å²) < 4.78 is 12.9. The number of aliphatic carboxylic acids is 1. The number of hydrogen-bond donors (Lipinski definition) is 2. The van der Waals surface area contributed by atoms with Crippen LogP contribution >= 0.6 is 11.8 Å². The van der Waals surface area contributed by atoms with Crippen molar-refractivity contribution in [1.29, 1.82) is 0 Å². The number of carbonyl (C=O) groups is 2. The molecule has 0 aliphatic carbocycles. The number of hydrogen-bond acceptors (Lipinski definition) is 3. The van der Waals surface area contributed by atoms with E-state index in [-0.39, 0.29) is 5.82 Å². The highest BCUT2D eigenvalue weighted by atomic mass is 32.2. The first-order chi connectivity index (χ1) is 8.63. The standard InChI is InChI=1S/C12H14FNO3S/c13-10-3-1-2-9(6-10)7-18-5-4-11(12(16)17)14-8-15/h1-3,6,8,11H,4-5,7H2,(H,14,15)(H,16,17). The molecule has 1 amide bonds. The number of carboxylic acid groups (broad SMARTS) is 1. The molecule has 0 saturated heterocycles. The Bertz CT molecular complexity index is 414. The van der Waals surface area contributed by atoms with Crippen molar-refractivity contribution >= 4 is 24.1 Å². The molecule has 2 N–H and O–H groups in total. The van der Waals surface area contributed by atoms with Crippen LogP contribution in [0.4, 0.5) is 4.39 Å². The summed E-state index contributed by atoms with van der Waals surface area (Å²) in [4.78, 5) is 20.9. The van der Waals surface area contributed by atoms with Gasteiger partial charge in [0.25, 0.3) is 0 Å². The van der Waals surface area contributed by atoms with Crippen LogP contribution in [0.1, 0.15) is 12.0 Å². The Labute approximate surface area is 109 Å². The minimum atomic E-state index is -1.05. The molecule has 0 aliphatic heterocycles. The van der Waals surface area contributed by atoms with Gasteiger partial charge in [-0.2, -0.15) is 11.8 Å². The molecule has 1 aromatic carbocycles. The van der Waals surface area contributed by atoms with Gasteiger partial charge in [-0.25, -0.2) is 9.18 Å². The van der Waals surface area contributed by atoms with Gasteiger partial charge in [-0.1, -0.05) is 12.1 Å². The first-order valence-corrected chi connectivity index (χ1v) is 6.53. The summed E-state index contributed by atoms with van der Waals surface area (Å²) >= 11 is 1.50. The summed E-state index contributed by atoms with van der Waals surface area (Å²) in [6.07, 6.45) is 0.726. The third-order valence-corrected chi connectivity index (χ3v) is 3.34. The van der Waals surface area contributed by atoms with Crippen LogP contribution in [0.25, 0.3) is 0 Å². The van der Waals surface area contributed by atoms with Crippen LogP contribution in [0.2, 0.25) is 0 Å². The maximum Gasteiger partial charge on any atom is 0.326 e. The highest BCUT2D eigenvalue weighted by molar-refractivity contribution is 7.98. The van der Waals surface area contributed by atoms with Gasteiger partial charge in [0, 0.05) is 5.75 Å². The minimum Gasteiger partial charge on any atom is -0.480 e. The largest absolute Gasteiger partial charge is 0.480 e. The molecule has 1 unspecified atom stereocenters. The van der Waals surface area contributed by atoms with Gasteiger partial charge in [0.1, 0.15) is 11.9 Å². The molecule has 0 spiro atoms. The molecular formula is C12H14FNO3S. The number of rotatable bonds is 8. The van der Waals surface area contributed by atoms with E-state index in [1.807, 2.05) is 6.07 Å². The Balaban J connectivity index is 2.29. The van der Waals surface area contributed by atoms with Gasteiger partial charge in [0.05, 0.1) is 0 Å². The van der Waals surface area contributed by atoms with Crippen molar-refractivity contribution in [3.8, 4) is 0 Å². The fraction of sp³-hybridized carbons (Fsp3) is 0.333. The SMILES string of the molecule is O=CNC(CCSCc1cccc(F)c1)C(=O)O. The van der Waals surface area contributed by atoms with Gasteiger partial charge in [0.2, 0.25) is 6.41 Å². The Kier molecular flexibility index (Phi) is 6.21. The molecule has 0 heterocycles. The second-order valence-corrected chi connectivity index (χ2v) is 4.75. The predicted molar refractivity (Wildman–Crippen MR) is 67.8 cm³/mol. The van der Waals surface area contributed by atoms with Crippen LogP contribution in [-0.2, 0) is 15.3 Å². The summed E-state index contributed by atoms with van der Waals surface area (Å²) in [6.45, 7) is 0. The number of thioether (sulfide) groups is 1. The molecule has 98 valence electrons. The summed E-state index contributed by atoms with van der Waals surface area (Å²) in [5.74, 6) is -0.132. The molecule has 18 heavy (non-hydrogen) atoms. The van der Waals surface area contributed by atoms with Crippen LogP contribution in [-0.4, -0.2) is 29.3 Å². The van der Waals surface area contributed by atoms with Crippen molar-refractivity contribution in [3.05, 3.63) is 35.6 Å². The highest BCUT2D eigenvalue weighted by Gasteiger charge is 2.15. The molecule has 0 radical (unpaired) electrons. The molecule has 4 nitrogen and oxygen atoms in total. The number of benzene rings is 1. The molecule has 0 aliphatic rings. The van der Waals surface area contributed by atoms with E-state index in [4.69, 9.17) is 5.11 Å². The minimum absolute atomic E-state index is 0.279. The monoisotopic (exact) mass is 271 g/mol. The van der Waals surface area contributed by atoms with Crippen molar-refractivity contribution in [2.75, 3.05) is 5.75 Å². The van der Waals surface area contributed by atoms with E-state index in [9.17, 15) is 14.0 Å². The van der Waals surface area contributed by atoms with Crippen LogP contribution in [0.15, 0.2) is 24.3 Å². The second kappa shape index (κ2) is 7.71. The molecule has 0 saturated carbocycles. The average molecular weight is 271 g/mol. The maximum absolute atomic E-state index is 12.9. The van der Waals surface area contributed by atoms with E-state index >= 15 is 0 Å². The number of carbonyl (C=O) groups excluding carboxylic acids is 1. The van der Waals surface area contributed by atoms with E-state index < -0.39 is 12.0 Å². The molecule has 0 aromatic heterocycles. The number of amides is 1. The zero-order chi connectivity index (χ0) is 13.4. The van der Waals surface area contributed by atoms with Crippen molar-refractivity contribution in [3.63, 3.8) is 0 Å². The van der Waals surface area contributed by atoms with Crippen molar-refractivity contribution in [2.24, 2.45) is 0 Å². The fourth-order valence-corrected chi connectivity index (χ4v) is 2.34. The van der Waals surface area contributed by atoms with E-state index in [1.54, 1.807) is 6.07 Å².